The van der Waals surface area contributed by atoms with E-state index in [1.807, 2.05) is 49.1 Å². The molecule has 4 rings (SSSR count). The van der Waals surface area contributed by atoms with Crippen LogP contribution in [0.3, 0.4) is 0 Å². The van der Waals surface area contributed by atoms with Crippen molar-refractivity contribution in [3.8, 4) is 22.1 Å². The highest BCUT2D eigenvalue weighted by molar-refractivity contribution is 7.17. The van der Waals surface area contributed by atoms with Crippen LogP contribution < -0.4 is 9.47 Å². The van der Waals surface area contributed by atoms with Crippen LogP contribution in [0.15, 0.2) is 41.0 Å². The summed E-state index contributed by atoms with van der Waals surface area (Å²) in [5, 5.41) is 0.785. The van der Waals surface area contributed by atoms with Gasteiger partial charge in [-0.05, 0) is 57.0 Å². The van der Waals surface area contributed by atoms with E-state index < -0.39 is 0 Å². The Morgan fingerprint density at radius 2 is 2.00 bits per heavy atom. The predicted molar refractivity (Wildman–Crippen MR) is 112 cm³/mol. The lowest BCUT2D eigenvalue weighted by Crippen LogP contribution is -2.35. The molecular weight excluding hydrogens is 388 g/mol. The summed E-state index contributed by atoms with van der Waals surface area (Å²) >= 11 is 1.41. The average Bonchev–Trinajstić information content (AvgIpc) is 3.25. The van der Waals surface area contributed by atoms with E-state index >= 15 is 0 Å². The molecule has 1 aromatic carbocycles. The molecule has 1 unspecified atom stereocenters. The van der Waals surface area contributed by atoms with Gasteiger partial charge in [0.25, 0.3) is 5.91 Å². The standard InChI is InChI=1S/C22H24N2O4S/c1-13-20(22(25)24(16-8-9-16)14(2)17-6-5-11-28-17)29-21(23-13)15-7-10-18(26-3)19(12-15)27-4/h5-7,10-12,14,16H,8-9H2,1-4H3. The Hall–Kier alpha value is -2.80. The van der Waals surface area contributed by atoms with Crippen molar-refractivity contribution in [3.63, 3.8) is 0 Å². The lowest BCUT2D eigenvalue weighted by molar-refractivity contribution is 0.0657. The van der Waals surface area contributed by atoms with E-state index in [4.69, 9.17) is 13.9 Å². The lowest BCUT2D eigenvalue weighted by atomic mass is 10.2. The van der Waals surface area contributed by atoms with Gasteiger partial charge in [0.15, 0.2) is 11.5 Å². The van der Waals surface area contributed by atoms with Crippen molar-refractivity contribution >= 4 is 17.2 Å². The van der Waals surface area contributed by atoms with Gasteiger partial charge in [0.05, 0.1) is 32.2 Å². The van der Waals surface area contributed by atoms with Gasteiger partial charge in [-0.15, -0.1) is 11.3 Å². The average molecular weight is 413 g/mol. The molecule has 1 fully saturated rings. The van der Waals surface area contributed by atoms with Crippen LogP contribution in [0.2, 0.25) is 0 Å². The molecule has 3 aromatic rings. The lowest BCUT2D eigenvalue weighted by Gasteiger charge is -2.27. The summed E-state index contributed by atoms with van der Waals surface area (Å²) < 4.78 is 16.3. The second-order valence-electron chi connectivity index (χ2n) is 7.14. The molecule has 0 N–H and O–H groups in total. The van der Waals surface area contributed by atoms with E-state index in [2.05, 4.69) is 4.98 Å². The Morgan fingerprint density at radius 3 is 2.62 bits per heavy atom. The number of aryl methyl sites for hydroxylation is 1. The van der Waals surface area contributed by atoms with E-state index in [0.29, 0.717) is 16.4 Å². The minimum absolute atomic E-state index is 0.0122. The van der Waals surface area contributed by atoms with Crippen LogP contribution in [0.25, 0.3) is 10.6 Å². The smallest absolute Gasteiger partial charge is 0.266 e. The van der Waals surface area contributed by atoms with Crippen molar-refractivity contribution in [1.29, 1.82) is 0 Å². The number of furan rings is 1. The highest BCUT2D eigenvalue weighted by atomic mass is 32.1. The SMILES string of the molecule is COc1ccc(-c2nc(C)c(C(=O)N(C3CC3)C(C)c3ccco3)s2)cc1OC. The fraction of sp³-hybridized carbons (Fsp3) is 0.364. The van der Waals surface area contributed by atoms with Crippen molar-refractivity contribution < 1.29 is 18.7 Å². The van der Waals surface area contributed by atoms with Crippen LogP contribution in [0.4, 0.5) is 0 Å². The van der Waals surface area contributed by atoms with Gasteiger partial charge in [0.2, 0.25) is 0 Å². The van der Waals surface area contributed by atoms with E-state index in [1.165, 1.54) is 11.3 Å². The maximum atomic E-state index is 13.5. The molecule has 7 heteroatoms. The molecule has 1 saturated carbocycles. The molecule has 1 aliphatic carbocycles. The zero-order valence-corrected chi connectivity index (χ0v) is 17.8. The molecule has 2 heterocycles. The maximum Gasteiger partial charge on any atom is 0.266 e. The number of carbonyl (C=O) groups is 1. The predicted octanol–water partition coefficient (Wildman–Crippen LogP) is 5.09. The van der Waals surface area contributed by atoms with E-state index in [0.717, 1.165) is 34.9 Å². The van der Waals surface area contributed by atoms with Crippen LogP contribution in [0.1, 0.15) is 46.9 Å². The molecule has 0 saturated heterocycles. The zero-order valence-electron chi connectivity index (χ0n) is 17.0. The van der Waals surface area contributed by atoms with Crippen LogP contribution in [-0.2, 0) is 0 Å². The van der Waals surface area contributed by atoms with Gasteiger partial charge in [-0.1, -0.05) is 0 Å². The van der Waals surface area contributed by atoms with Gasteiger partial charge >= 0.3 is 0 Å². The van der Waals surface area contributed by atoms with Crippen molar-refractivity contribution in [2.45, 2.75) is 38.8 Å². The third-order valence-electron chi connectivity index (χ3n) is 5.17. The van der Waals surface area contributed by atoms with Crippen molar-refractivity contribution in [1.82, 2.24) is 9.88 Å². The molecule has 2 aromatic heterocycles. The number of aromatic nitrogens is 1. The van der Waals surface area contributed by atoms with Crippen molar-refractivity contribution in [3.05, 3.63) is 52.9 Å². The minimum atomic E-state index is -0.115. The van der Waals surface area contributed by atoms with Crippen LogP contribution in [-0.4, -0.2) is 36.1 Å². The summed E-state index contributed by atoms with van der Waals surface area (Å²) in [5.41, 5.74) is 1.63. The highest BCUT2D eigenvalue weighted by Gasteiger charge is 2.39. The Bertz CT molecular complexity index is 1010. The molecule has 1 aliphatic rings. The molecule has 6 nitrogen and oxygen atoms in total. The third-order valence-corrected chi connectivity index (χ3v) is 6.36. The maximum absolute atomic E-state index is 13.5. The second-order valence-corrected chi connectivity index (χ2v) is 8.14. The van der Waals surface area contributed by atoms with Gasteiger partial charge in [0, 0.05) is 11.6 Å². The van der Waals surface area contributed by atoms with Gasteiger partial charge in [-0.3, -0.25) is 4.79 Å². The number of methoxy groups -OCH3 is 2. The van der Waals surface area contributed by atoms with E-state index in [-0.39, 0.29) is 18.0 Å². The second kappa shape index (κ2) is 7.91. The summed E-state index contributed by atoms with van der Waals surface area (Å²) in [5.74, 6) is 2.11. The summed E-state index contributed by atoms with van der Waals surface area (Å²) in [6.45, 7) is 3.90. The van der Waals surface area contributed by atoms with Crippen LogP contribution in [0, 0.1) is 6.92 Å². The number of ether oxygens (including phenoxy) is 2. The number of carbonyl (C=O) groups excluding carboxylic acids is 1. The molecule has 1 atom stereocenters. The zero-order chi connectivity index (χ0) is 20.5. The molecule has 0 aliphatic heterocycles. The fourth-order valence-electron chi connectivity index (χ4n) is 3.48. The Kier molecular flexibility index (Phi) is 5.32. The first-order valence-corrected chi connectivity index (χ1v) is 10.4. The molecule has 1 amide bonds. The fourth-order valence-corrected chi connectivity index (χ4v) is 4.49. The summed E-state index contributed by atoms with van der Waals surface area (Å²) in [4.78, 5) is 20.7. The van der Waals surface area contributed by atoms with E-state index in [9.17, 15) is 4.79 Å². The molecule has 152 valence electrons. The first kappa shape index (κ1) is 19.5. The van der Waals surface area contributed by atoms with Gasteiger partial charge in [0.1, 0.15) is 15.6 Å². The molecule has 29 heavy (non-hydrogen) atoms. The number of benzene rings is 1. The number of amides is 1. The Labute approximate surface area is 174 Å². The monoisotopic (exact) mass is 412 g/mol. The number of rotatable bonds is 7. The van der Waals surface area contributed by atoms with Gasteiger partial charge < -0.3 is 18.8 Å². The third kappa shape index (κ3) is 3.74. The Morgan fingerprint density at radius 1 is 1.24 bits per heavy atom. The summed E-state index contributed by atoms with van der Waals surface area (Å²) in [7, 11) is 3.21. The topological polar surface area (TPSA) is 64.8 Å². The number of thiazole rings is 1. The summed E-state index contributed by atoms with van der Waals surface area (Å²) in [6.07, 6.45) is 3.70. The number of hydrogen-bond acceptors (Lipinski definition) is 6. The molecule has 0 spiro atoms. The van der Waals surface area contributed by atoms with Crippen LogP contribution in [0.5, 0.6) is 11.5 Å². The molecular formula is C22H24N2O4S. The molecule has 0 radical (unpaired) electrons. The summed E-state index contributed by atoms with van der Waals surface area (Å²) in [6, 6.07) is 9.58. The number of hydrogen-bond donors (Lipinski definition) is 0. The number of nitrogens with zero attached hydrogens (tertiary/aromatic N) is 2. The van der Waals surface area contributed by atoms with Gasteiger partial charge in [-0.25, -0.2) is 4.98 Å². The normalized spacial score (nSPS) is 14.5. The quantitative estimate of drug-likeness (QED) is 0.540. The van der Waals surface area contributed by atoms with Gasteiger partial charge in [-0.2, -0.15) is 0 Å². The molecule has 0 bridgehead atoms. The first-order valence-electron chi connectivity index (χ1n) is 9.59. The van der Waals surface area contributed by atoms with Crippen molar-refractivity contribution in [2.75, 3.05) is 14.2 Å². The highest BCUT2D eigenvalue weighted by Crippen LogP contribution is 2.39. The minimum Gasteiger partial charge on any atom is -0.493 e. The van der Waals surface area contributed by atoms with Crippen LogP contribution >= 0.6 is 11.3 Å². The largest absolute Gasteiger partial charge is 0.493 e. The van der Waals surface area contributed by atoms with E-state index in [1.54, 1.807) is 20.5 Å². The first-order chi connectivity index (χ1) is 14.0. The van der Waals surface area contributed by atoms with Crippen molar-refractivity contribution in [2.24, 2.45) is 0 Å². The Balaban J connectivity index is 1.65.